The molecule has 2 aromatic carbocycles. The summed E-state index contributed by atoms with van der Waals surface area (Å²) in [5, 5.41) is 8.78. The number of carbonyl (C=O) groups is 1. The molecule has 0 bridgehead atoms. The monoisotopic (exact) mass is 436 g/mol. The van der Waals surface area contributed by atoms with Gasteiger partial charge in [0.2, 0.25) is 0 Å². The zero-order valence-electron chi connectivity index (χ0n) is 17.2. The highest BCUT2D eigenvalue weighted by molar-refractivity contribution is 5.70. The number of alkyl halides is 3. The van der Waals surface area contributed by atoms with E-state index in [-0.39, 0.29) is 24.2 Å². The molecule has 1 aliphatic rings. The van der Waals surface area contributed by atoms with Crippen molar-refractivity contribution in [3.8, 4) is 0 Å². The Hall–Kier alpha value is -2.67. The lowest BCUT2D eigenvalue weighted by molar-refractivity contribution is -0.140. The van der Waals surface area contributed by atoms with Gasteiger partial charge in [0, 0.05) is 12.0 Å². The zero-order chi connectivity index (χ0) is 22.6. The minimum absolute atomic E-state index is 0.0266. The molecular formula is C24H24F4O3. The molecule has 0 radical (unpaired) electrons. The summed E-state index contributed by atoms with van der Waals surface area (Å²) in [4.78, 5) is 10.7. The van der Waals surface area contributed by atoms with Crippen LogP contribution < -0.4 is 0 Å². The van der Waals surface area contributed by atoms with Crippen LogP contribution in [0, 0.1) is 12.7 Å². The molecule has 0 spiro atoms. The Balaban J connectivity index is 1.84. The van der Waals surface area contributed by atoms with E-state index in [1.165, 1.54) is 12.1 Å². The van der Waals surface area contributed by atoms with Gasteiger partial charge in [0.05, 0.1) is 18.8 Å². The molecule has 0 fully saturated rings. The van der Waals surface area contributed by atoms with E-state index in [0.29, 0.717) is 43.6 Å². The molecular weight excluding hydrogens is 412 g/mol. The molecule has 0 aliphatic carbocycles. The molecule has 0 unspecified atom stereocenters. The second-order valence-electron chi connectivity index (χ2n) is 7.75. The molecule has 3 nitrogen and oxygen atoms in total. The van der Waals surface area contributed by atoms with Crippen LogP contribution in [0.3, 0.4) is 0 Å². The van der Waals surface area contributed by atoms with E-state index in [0.717, 1.165) is 22.8 Å². The summed E-state index contributed by atoms with van der Waals surface area (Å²) in [5.41, 5.74) is 2.75. The van der Waals surface area contributed by atoms with Gasteiger partial charge in [0.1, 0.15) is 5.82 Å². The SMILES string of the molecule is Cc1ccc(C2=C(CCc3ccc(CCC(=O)O)c(C(F)(F)F)c3)COCC2)c(F)c1. The van der Waals surface area contributed by atoms with Crippen molar-refractivity contribution in [3.05, 3.63) is 75.6 Å². The molecule has 0 atom stereocenters. The van der Waals surface area contributed by atoms with Crippen LogP contribution >= 0.6 is 0 Å². The van der Waals surface area contributed by atoms with E-state index < -0.39 is 17.7 Å². The predicted octanol–water partition coefficient (Wildman–Crippen LogP) is 5.98. The van der Waals surface area contributed by atoms with Crippen molar-refractivity contribution in [2.75, 3.05) is 13.2 Å². The van der Waals surface area contributed by atoms with Crippen LogP contribution in [0.15, 0.2) is 42.0 Å². The van der Waals surface area contributed by atoms with Gasteiger partial charge < -0.3 is 9.84 Å². The fourth-order valence-electron chi connectivity index (χ4n) is 3.84. The molecule has 1 heterocycles. The van der Waals surface area contributed by atoms with Gasteiger partial charge in [-0.05, 0) is 72.6 Å². The van der Waals surface area contributed by atoms with Crippen LogP contribution in [0.1, 0.15) is 47.1 Å². The Labute approximate surface area is 178 Å². The van der Waals surface area contributed by atoms with E-state index in [2.05, 4.69) is 0 Å². The molecule has 0 saturated carbocycles. The second kappa shape index (κ2) is 9.64. The number of aliphatic carboxylic acids is 1. The van der Waals surface area contributed by atoms with Crippen molar-refractivity contribution in [2.45, 2.75) is 45.2 Å². The Kier molecular flexibility index (Phi) is 7.15. The standard InChI is InChI=1S/C24H24F4O3/c1-15-2-8-20(22(25)12-15)19-10-11-31-14-18(19)6-4-16-3-5-17(7-9-23(29)30)21(13-16)24(26,27)28/h2-3,5,8,12-13H,4,6-7,9-11,14H2,1H3,(H,29,30). The third kappa shape index (κ3) is 5.94. The number of hydrogen-bond acceptors (Lipinski definition) is 2. The smallest absolute Gasteiger partial charge is 0.416 e. The summed E-state index contributed by atoms with van der Waals surface area (Å²) in [6.07, 6.45) is -3.75. The highest BCUT2D eigenvalue weighted by Crippen LogP contribution is 2.35. The third-order valence-corrected chi connectivity index (χ3v) is 5.45. The maximum absolute atomic E-state index is 14.5. The average molecular weight is 436 g/mol. The summed E-state index contributed by atoms with van der Waals surface area (Å²) in [5.74, 6) is -1.45. The van der Waals surface area contributed by atoms with E-state index in [4.69, 9.17) is 9.84 Å². The van der Waals surface area contributed by atoms with Gasteiger partial charge in [0.15, 0.2) is 0 Å². The fourth-order valence-corrected chi connectivity index (χ4v) is 3.84. The van der Waals surface area contributed by atoms with Crippen molar-refractivity contribution in [1.82, 2.24) is 0 Å². The fraction of sp³-hybridized carbons (Fsp3) is 0.375. The van der Waals surface area contributed by atoms with Gasteiger partial charge in [-0.15, -0.1) is 0 Å². The number of rotatable bonds is 7. The molecule has 0 aromatic heterocycles. The minimum Gasteiger partial charge on any atom is -0.481 e. The summed E-state index contributed by atoms with van der Waals surface area (Å²) in [6.45, 7) is 2.61. The van der Waals surface area contributed by atoms with Gasteiger partial charge >= 0.3 is 12.1 Å². The highest BCUT2D eigenvalue weighted by Gasteiger charge is 2.33. The maximum atomic E-state index is 14.5. The number of hydrogen-bond donors (Lipinski definition) is 1. The zero-order valence-corrected chi connectivity index (χ0v) is 17.2. The summed E-state index contributed by atoms with van der Waals surface area (Å²) < 4.78 is 60.5. The maximum Gasteiger partial charge on any atom is 0.416 e. The number of carboxylic acid groups (broad SMARTS) is 1. The van der Waals surface area contributed by atoms with Crippen molar-refractivity contribution in [3.63, 3.8) is 0 Å². The topological polar surface area (TPSA) is 46.5 Å². The number of aryl methyl sites for hydroxylation is 3. The quantitative estimate of drug-likeness (QED) is 0.544. The molecule has 1 aliphatic heterocycles. The van der Waals surface area contributed by atoms with Crippen LogP contribution in [-0.2, 0) is 28.5 Å². The van der Waals surface area contributed by atoms with Crippen molar-refractivity contribution < 1.29 is 32.2 Å². The van der Waals surface area contributed by atoms with Gasteiger partial charge in [0.25, 0.3) is 0 Å². The first-order valence-corrected chi connectivity index (χ1v) is 10.1. The van der Waals surface area contributed by atoms with Crippen LogP contribution in [0.5, 0.6) is 0 Å². The van der Waals surface area contributed by atoms with Gasteiger partial charge in [-0.3, -0.25) is 4.79 Å². The number of ether oxygens (including phenoxy) is 1. The Morgan fingerprint density at radius 3 is 2.55 bits per heavy atom. The summed E-state index contributed by atoms with van der Waals surface area (Å²) >= 11 is 0. The normalized spacial score (nSPS) is 14.7. The Bertz CT molecular complexity index is 993. The van der Waals surface area contributed by atoms with Crippen molar-refractivity contribution in [1.29, 1.82) is 0 Å². The van der Waals surface area contributed by atoms with Gasteiger partial charge in [-0.25, -0.2) is 4.39 Å². The molecule has 3 rings (SSSR count). The lowest BCUT2D eigenvalue weighted by atomic mass is 9.90. The molecule has 0 amide bonds. The Morgan fingerprint density at radius 2 is 1.87 bits per heavy atom. The predicted molar refractivity (Wildman–Crippen MR) is 109 cm³/mol. The van der Waals surface area contributed by atoms with E-state index in [1.54, 1.807) is 12.1 Å². The van der Waals surface area contributed by atoms with Crippen LogP contribution in [0.4, 0.5) is 17.6 Å². The van der Waals surface area contributed by atoms with Crippen molar-refractivity contribution >= 4 is 11.5 Å². The first-order chi connectivity index (χ1) is 14.6. The number of benzene rings is 2. The average Bonchev–Trinajstić information content (AvgIpc) is 2.70. The molecule has 7 heteroatoms. The molecule has 1 N–H and O–H groups in total. The van der Waals surface area contributed by atoms with Gasteiger partial charge in [-0.2, -0.15) is 13.2 Å². The second-order valence-corrected chi connectivity index (χ2v) is 7.75. The number of halogens is 4. The summed E-state index contributed by atoms with van der Waals surface area (Å²) in [7, 11) is 0. The largest absolute Gasteiger partial charge is 0.481 e. The van der Waals surface area contributed by atoms with E-state index >= 15 is 0 Å². The number of carboxylic acids is 1. The van der Waals surface area contributed by atoms with Crippen LogP contribution in [0.2, 0.25) is 0 Å². The Morgan fingerprint density at radius 1 is 1.10 bits per heavy atom. The third-order valence-electron chi connectivity index (χ3n) is 5.45. The first-order valence-electron chi connectivity index (χ1n) is 10.1. The molecule has 0 saturated heterocycles. The molecule has 2 aromatic rings. The van der Waals surface area contributed by atoms with Gasteiger partial charge in [-0.1, -0.05) is 24.3 Å². The van der Waals surface area contributed by atoms with E-state index in [9.17, 15) is 22.4 Å². The molecule has 31 heavy (non-hydrogen) atoms. The highest BCUT2D eigenvalue weighted by atomic mass is 19.4. The first kappa shape index (κ1) is 23.0. The van der Waals surface area contributed by atoms with Crippen LogP contribution in [-0.4, -0.2) is 24.3 Å². The summed E-state index contributed by atoms with van der Waals surface area (Å²) in [6, 6.07) is 9.10. The minimum atomic E-state index is -4.56. The lowest BCUT2D eigenvalue weighted by Gasteiger charge is -2.22. The lowest BCUT2D eigenvalue weighted by Crippen LogP contribution is -2.13. The molecule has 166 valence electrons. The van der Waals surface area contributed by atoms with Crippen LogP contribution in [0.25, 0.3) is 5.57 Å². The van der Waals surface area contributed by atoms with E-state index in [1.807, 2.05) is 13.0 Å². The van der Waals surface area contributed by atoms with Crippen molar-refractivity contribution in [2.24, 2.45) is 0 Å².